The van der Waals surface area contributed by atoms with E-state index in [-0.39, 0.29) is 17.8 Å². The molecule has 12 heteroatoms. The number of esters is 1. The van der Waals surface area contributed by atoms with Crippen LogP contribution in [0.15, 0.2) is 54.9 Å². The molecule has 2 aromatic carbocycles. The maximum Gasteiger partial charge on any atom is 0.313 e. The number of hydrogen-bond donors (Lipinski definition) is 2. The number of carbonyl (C=O) groups is 3. The second kappa shape index (κ2) is 10.7. The monoisotopic (exact) mass is 553 g/mol. The van der Waals surface area contributed by atoms with Gasteiger partial charge in [-0.2, -0.15) is 5.10 Å². The van der Waals surface area contributed by atoms with E-state index in [0.29, 0.717) is 54.2 Å². The van der Waals surface area contributed by atoms with E-state index in [0.717, 1.165) is 16.6 Å². The van der Waals surface area contributed by atoms with Crippen molar-refractivity contribution in [1.82, 2.24) is 30.0 Å². The molecular weight excluding hydrogens is 526 g/mol. The Balaban J connectivity index is 1.23. The van der Waals surface area contributed by atoms with Crippen molar-refractivity contribution in [3.05, 3.63) is 66.2 Å². The number of ketones is 1. The molecule has 1 fully saturated rings. The maximum atomic E-state index is 13.5. The number of benzene rings is 2. The number of methoxy groups -OCH3 is 2. The lowest BCUT2D eigenvalue weighted by Crippen LogP contribution is -2.50. The topological polar surface area (TPSA) is 146 Å². The third-order valence-corrected chi connectivity index (χ3v) is 7.29. The van der Waals surface area contributed by atoms with Crippen molar-refractivity contribution in [2.24, 2.45) is 0 Å². The number of ether oxygens (including phenoxy) is 2. The molecular formula is C29H27N7O5. The fourth-order valence-electron chi connectivity index (χ4n) is 5.20. The molecule has 0 bridgehead atoms. The van der Waals surface area contributed by atoms with E-state index >= 15 is 0 Å². The zero-order valence-electron chi connectivity index (χ0n) is 22.5. The van der Waals surface area contributed by atoms with E-state index in [1.54, 1.807) is 23.2 Å². The molecule has 2 N–H and O–H groups in total. The lowest BCUT2D eigenvalue weighted by Gasteiger charge is -2.35. The molecule has 3 aromatic heterocycles. The number of hydrogen-bond acceptors (Lipinski definition) is 9. The molecule has 5 aromatic rings. The molecule has 1 saturated heterocycles. The molecule has 4 heterocycles. The van der Waals surface area contributed by atoms with Gasteiger partial charge in [0.05, 0.1) is 30.7 Å². The van der Waals surface area contributed by atoms with Crippen LogP contribution in [0, 0.1) is 0 Å². The molecule has 0 unspecified atom stereocenters. The molecule has 41 heavy (non-hydrogen) atoms. The summed E-state index contributed by atoms with van der Waals surface area (Å²) in [6.45, 7) is 1.89. The number of pyridine rings is 1. The summed E-state index contributed by atoms with van der Waals surface area (Å²) in [4.78, 5) is 54.4. The highest BCUT2D eigenvalue weighted by molar-refractivity contribution is 6.45. The molecule has 12 nitrogen and oxygen atoms in total. The Hall–Kier alpha value is -5.26. The van der Waals surface area contributed by atoms with Crippen LogP contribution >= 0.6 is 0 Å². The fraction of sp³-hybridized carbons (Fsp3) is 0.241. The number of H-pyrrole nitrogens is 2. The number of nitrogens with zero attached hydrogens (tertiary/aromatic N) is 5. The van der Waals surface area contributed by atoms with Crippen LogP contribution in [0.25, 0.3) is 33.1 Å². The Kier molecular flexibility index (Phi) is 6.79. The summed E-state index contributed by atoms with van der Waals surface area (Å²) in [6.07, 6.45) is 3.22. The Morgan fingerprint density at radius 1 is 1.00 bits per heavy atom. The van der Waals surface area contributed by atoms with Gasteiger partial charge in [-0.25, -0.2) is 9.97 Å². The minimum atomic E-state index is -0.632. The number of Topliss-reactive ketones (excluding diaryl/α,β-unsaturated/α-hetero) is 1. The van der Waals surface area contributed by atoms with Gasteiger partial charge in [0, 0.05) is 49.5 Å². The van der Waals surface area contributed by atoms with Gasteiger partial charge in [0.25, 0.3) is 11.7 Å². The molecule has 0 spiro atoms. The summed E-state index contributed by atoms with van der Waals surface area (Å²) < 4.78 is 10.2. The van der Waals surface area contributed by atoms with Crippen molar-refractivity contribution in [2.45, 2.75) is 6.42 Å². The van der Waals surface area contributed by atoms with Crippen LogP contribution in [0.3, 0.4) is 0 Å². The number of anilines is 1. The number of aromatic nitrogens is 5. The van der Waals surface area contributed by atoms with Crippen LogP contribution in [0.4, 0.5) is 5.82 Å². The number of aromatic amines is 2. The van der Waals surface area contributed by atoms with Gasteiger partial charge in [-0.1, -0.05) is 24.3 Å². The Labute approximate surface area is 234 Å². The van der Waals surface area contributed by atoms with E-state index in [1.807, 2.05) is 30.3 Å². The first-order chi connectivity index (χ1) is 20.0. The number of nitrogens with one attached hydrogen (secondary N) is 2. The standard InChI is InChI=1S/C29H27N7O5/c1-40-21-8-7-19(27-32-22(33-34-27)15-23(37)41-2)25-24(21)20(16-31-25)26(38)29(39)36-13-11-35(12-14-36)28-18-6-4-3-5-17(18)9-10-30-28/h3-10,16,31H,11-15H2,1-2H3,(H,32,33,34). The van der Waals surface area contributed by atoms with Gasteiger partial charge < -0.3 is 24.3 Å². The second-order valence-corrected chi connectivity index (χ2v) is 9.58. The van der Waals surface area contributed by atoms with Gasteiger partial charge >= 0.3 is 5.97 Å². The predicted molar refractivity (Wildman–Crippen MR) is 151 cm³/mol. The summed E-state index contributed by atoms with van der Waals surface area (Å²) >= 11 is 0. The molecule has 0 radical (unpaired) electrons. The first-order valence-electron chi connectivity index (χ1n) is 13.1. The van der Waals surface area contributed by atoms with Crippen LogP contribution in [-0.4, -0.2) is 88.1 Å². The Morgan fingerprint density at radius 3 is 2.59 bits per heavy atom. The smallest absolute Gasteiger partial charge is 0.313 e. The third-order valence-electron chi connectivity index (χ3n) is 7.29. The highest BCUT2D eigenvalue weighted by Gasteiger charge is 2.30. The van der Waals surface area contributed by atoms with Crippen molar-refractivity contribution in [3.63, 3.8) is 0 Å². The number of fused-ring (bicyclic) bond motifs is 2. The zero-order chi connectivity index (χ0) is 28.5. The minimum absolute atomic E-state index is 0.0842. The number of piperazine rings is 1. The average molecular weight is 554 g/mol. The molecule has 1 aliphatic heterocycles. The summed E-state index contributed by atoms with van der Waals surface area (Å²) in [7, 11) is 2.80. The van der Waals surface area contributed by atoms with Gasteiger partial charge in [-0.3, -0.25) is 19.5 Å². The van der Waals surface area contributed by atoms with Gasteiger partial charge in [0.1, 0.15) is 18.0 Å². The van der Waals surface area contributed by atoms with E-state index in [4.69, 9.17) is 4.74 Å². The Bertz CT molecular complexity index is 1780. The van der Waals surface area contributed by atoms with Gasteiger partial charge in [0.15, 0.2) is 11.6 Å². The number of carbonyl (C=O) groups excluding carboxylic acids is 3. The molecule has 0 aliphatic carbocycles. The van der Waals surface area contributed by atoms with Crippen molar-refractivity contribution in [2.75, 3.05) is 45.3 Å². The zero-order valence-corrected chi connectivity index (χ0v) is 22.5. The van der Waals surface area contributed by atoms with E-state index in [9.17, 15) is 14.4 Å². The van der Waals surface area contributed by atoms with Gasteiger partial charge in [-0.05, 0) is 23.6 Å². The summed E-state index contributed by atoms with van der Waals surface area (Å²) in [5.74, 6) is 0.292. The van der Waals surface area contributed by atoms with Crippen molar-refractivity contribution >= 4 is 45.2 Å². The molecule has 0 saturated carbocycles. The van der Waals surface area contributed by atoms with Crippen LogP contribution in [0.1, 0.15) is 16.2 Å². The number of amides is 1. The lowest BCUT2D eigenvalue weighted by atomic mass is 10.0. The van der Waals surface area contributed by atoms with Crippen LogP contribution in [0.5, 0.6) is 5.75 Å². The lowest BCUT2D eigenvalue weighted by molar-refractivity contribution is -0.139. The van der Waals surface area contributed by atoms with E-state index < -0.39 is 17.7 Å². The average Bonchev–Trinajstić information content (AvgIpc) is 3.67. The summed E-state index contributed by atoms with van der Waals surface area (Å²) in [5.41, 5.74) is 1.36. The minimum Gasteiger partial charge on any atom is -0.496 e. The highest BCUT2D eigenvalue weighted by Crippen LogP contribution is 2.35. The number of rotatable bonds is 7. The normalized spacial score (nSPS) is 13.5. The molecule has 208 valence electrons. The SMILES string of the molecule is COC(=O)Cc1n[nH]c(-c2ccc(OC)c3c(C(=O)C(=O)N4CCN(c5nccc6ccccc56)CC4)c[nH]c23)n1. The van der Waals surface area contributed by atoms with Gasteiger partial charge in [-0.15, -0.1) is 0 Å². The van der Waals surface area contributed by atoms with E-state index in [1.165, 1.54) is 20.4 Å². The summed E-state index contributed by atoms with van der Waals surface area (Å²) in [6, 6.07) is 13.5. The Morgan fingerprint density at radius 2 is 1.80 bits per heavy atom. The third kappa shape index (κ3) is 4.73. The van der Waals surface area contributed by atoms with Crippen LogP contribution in [0.2, 0.25) is 0 Å². The van der Waals surface area contributed by atoms with E-state index in [2.05, 4.69) is 34.8 Å². The highest BCUT2D eigenvalue weighted by atomic mass is 16.5. The quantitative estimate of drug-likeness (QED) is 0.176. The fourth-order valence-corrected chi connectivity index (χ4v) is 5.20. The van der Waals surface area contributed by atoms with Crippen molar-refractivity contribution in [1.29, 1.82) is 0 Å². The van der Waals surface area contributed by atoms with Crippen LogP contribution < -0.4 is 9.64 Å². The summed E-state index contributed by atoms with van der Waals surface area (Å²) in [5, 5.41) is 9.53. The molecule has 1 aliphatic rings. The first kappa shape index (κ1) is 26.0. The maximum absolute atomic E-state index is 13.5. The van der Waals surface area contributed by atoms with Crippen molar-refractivity contribution < 1.29 is 23.9 Å². The molecule has 6 rings (SSSR count). The van der Waals surface area contributed by atoms with Crippen LogP contribution in [-0.2, 0) is 20.7 Å². The molecule has 1 amide bonds. The van der Waals surface area contributed by atoms with Crippen molar-refractivity contribution in [3.8, 4) is 17.1 Å². The second-order valence-electron chi connectivity index (χ2n) is 9.58. The van der Waals surface area contributed by atoms with Gasteiger partial charge in [0.2, 0.25) is 0 Å². The molecule has 0 atom stereocenters. The largest absolute Gasteiger partial charge is 0.496 e. The predicted octanol–water partition coefficient (Wildman–Crippen LogP) is 2.76. The first-order valence-corrected chi connectivity index (χ1v) is 13.1.